The van der Waals surface area contributed by atoms with Crippen LogP contribution in [0.5, 0.6) is 0 Å². The number of benzene rings is 1. The van der Waals surface area contributed by atoms with Crippen LogP contribution in [0.1, 0.15) is 13.3 Å². The number of rotatable bonds is 4. The van der Waals surface area contributed by atoms with Crippen molar-refractivity contribution in [2.75, 3.05) is 31.1 Å². The Bertz CT molecular complexity index is 384. The van der Waals surface area contributed by atoms with Crippen LogP contribution >= 0.6 is 15.9 Å². The second-order valence-corrected chi connectivity index (χ2v) is 5.42. The van der Waals surface area contributed by atoms with E-state index in [1.807, 2.05) is 6.07 Å². The first-order valence-electron chi connectivity index (χ1n) is 6.11. The Labute approximate surface area is 110 Å². The van der Waals surface area contributed by atoms with Crippen molar-refractivity contribution >= 4 is 21.6 Å². The lowest BCUT2D eigenvalue weighted by Crippen LogP contribution is -2.26. The highest BCUT2D eigenvalue weighted by Crippen LogP contribution is 2.28. The lowest BCUT2D eigenvalue weighted by atomic mass is 10.1. The first-order chi connectivity index (χ1) is 8.20. The fraction of sp³-hybridized carbons (Fsp3) is 0.538. The average molecular weight is 301 g/mol. The van der Waals surface area contributed by atoms with E-state index in [0.29, 0.717) is 5.92 Å². The summed E-state index contributed by atoms with van der Waals surface area (Å²) in [5.74, 6) is 0.505. The van der Waals surface area contributed by atoms with Gasteiger partial charge >= 0.3 is 0 Å². The summed E-state index contributed by atoms with van der Waals surface area (Å²) in [6.07, 6.45) is 1.14. The zero-order valence-corrected chi connectivity index (χ0v) is 11.6. The number of hydrogen-bond donors (Lipinski definition) is 1. The fourth-order valence-electron chi connectivity index (χ4n) is 2.29. The quantitative estimate of drug-likeness (QED) is 0.919. The van der Waals surface area contributed by atoms with Gasteiger partial charge in [0, 0.05) is 17.6 Å². The lowest BCUT2D eigenvalue weighted by Gasteiger charge is -2.19. The van der Waals surface area contributed by atoms with Crippen LogP contribution in [0.4, 0.5) is 10.1 Å². The molecule has 1 saturated heterocycles. The van der Waals surface area contributed by atoms with Gasteiger partial charge in [-0.15, -0.1) is 0 Å². The second kappa shape index (κ2) is 5.83. The maximum absolute atomic E-state index is 13.7. The van der Waals surface area contributed by atoms with Crippen LogP contribution in [0.3, 0.4) is 0 Å². The van der Waals surface area contributed by atoms with E-state index in [1.54, 1.807) is 6.07 Å². The van der Waals surface area contributed by atoms with Crippen LogP contribution in [0.2, 0.25) is 0 Å². The molecule has 1 unspecified atom stereocenters. The summed E-state index contributed by atoms with van der Waals surface area (Å²) in [7, 11) is 0. The Morgan fingerprint density at radius 2 is 2.35 bits per heavy atom. The fourth-order valence-corrected chi connectivity index (χ4v) is 2.64. The van der Waals surface area contributed by atoms with Crippen LogP contribution in [0.25, 0.3) is 0 Å². The van der Waals surface area contributed by atoms with Gasteiger partial charge in [-0.05, 0) is 43.6 Å². The van der Waals surface area contributed by atoms with Crippen molar-refractivity contribution < 1.29 is 4.39 Å². The SMILES string of the molecule is CCNCC1CCN(c2cc(Br)ccc2F)C1. The molecule has 0 saturated carbocycles. The van der Waals surface area contributed by atoms with Gasteiger partial charge in [0.05, 0.1) is 5.69 Å². The van der Waals surface area contributed by atoms with Crippen LogP contribution in [0, 0.1) is 11.7 Å². The zero-order chi connectivity index (χ0) is 12.3. The van der Waals surface area contributed by atoms with Gasteiger partial charge < -0.3 is 10.2 Å². The van der Waals surface area contributed by atoms with Gasteiger partial charge in [0.2, 0.25) is 0 Å². The summed E-state index contributed by atoms with van der Waals surface area (Å²) in [5, 5.41) is 3.36. The molecule has 1 heterocycles. The molecule has 1 aliphatic heterocycles. The number of nitrogens with one attached hydrogen (secondary N) is 1. The van der Waals surface area contributed by atoms with Crippen molar-refractivity contribution in [3.63, 3.8) is 0 Å². The second-order valence-electron chi connectivity index (χ2n) is 4.50. The Hall–Kier alpha value is -0.610. The van der Waals surface area contributed by atoms with Gasteiger partial charge in [-0.3, -0.25) is 0 Å². The molecular formula is C13H18BrFN2. The van der Waals surface area contributed by atoms with Gasteiger partial charge in [0.1, 0.15) is 5.82 Å². The van der Waals surface area contributed by atoms with Crippen molar-refractivity contribution in [2.45, 2.75) is 13.3 Å². The van der Waals surface area contributed by atoms with Gasteiger partial charge in [0.15, 0.2) is 0 Å². The molecule has 1 N–H and O–H groups in total. The first kappa shape index (κ1) is 12.8. The van der Waals surface area contributed by atoms with Gasteiger partial charge in [-0.1, -0.05) is 22.9 Å². The molecule has 4 heteroatoms. The molecule has 17 heavy (non-hydrogen) atoms. The van der Waals surface area contributed by atoms with Crippen molar-refractivity contribution in [2.24, 2.45) is 5.92 Å². The van der Waals surface area contributed by atoms with E-state index in [1.165, 1.54) is 6.07 Å². The van der Waals surface area contributed by atoms with Gasteiger partial charge in [0.25, 0.3) is 0 Å². The zero-order valence-electron chi connectivity index (χ0n) is 10.0. The molecule has 0 radical (unpaired) electrons. The molecule has 1 aliphatic rings. The molecule has 2 nitrogen and oxygen atoms in total. The van der Waals surface area contributed by atoms with Crippen LogP contribution in [-0.4, -0.2) is 26.2 Å². The third-order valence-corrected chi connectivity index (χ3v) is 3.71. The number of halogens is 2. The summed E-state index contributed by atoms with van der Waals surface area (Å²) >= 11 is 3.39. The minimum Gasteiger partial charge on any atom is -0.369 e. The highest BCUT2D eigenvalue weighted by atomic mass is 79.9. The van der Waals surface area contributed by atoms with E-state index in [-0.39, 0.29) is 5.82 Å². The van der Waals surface area contributed by atoms with Crippen LogP contribution < -0.4 is 10.2 Å². The summed E-state index contributed by atoms with van der Waals surface area (Å²) < 4.78 is 14.7. The highest BCUT2D eigenvalue weighted by Gasteiger charge is 2.24. The van der Waals surface area contributed by atoms with E-state index in [9.17, 15) is 4.39 Å². The average Bonchev–Trinajstić information content (AvgIpc) is 2.78. The first-order valence-corrected chi connectivity index (χ1v) is 6.90. The molecule has 1 fully saturated rings. The number of hydrogen-bond acceptors (Lipinski definition) is 2. The number of anilines is 1. The maximum Gasteiger partial charge on any atom is 0.146 e. The Kier molecular flexibility index (Phi) is 4.40. The molecule has 1 aromatic carbocycles. The van der Waals surface area contributed by atoms with E-state index >= 15 is 0 Å². The van der Waals surface area contributed by atoms with Gasteiger partial charge in [-0.25, -0.2) is 4.39 Å². The molecule has 0 bridgehead atoms. The van der Waals surface area contributed by atoms with Crippen molar-refractivity contribution in [3.8, 4) is 0 Å². The highest BCUT2D eigenvalue weighted by molar-refractivity contribution is 9.10. The monoisotopic (exact) mass is 300 g/mol. The van der Waals surface area contributed by atoms with Gasteiger partial charge in [-0.2, -0.15) is 0 Å². The van der Waals surface area contributed by atoms with Crippen molar-refractivity contribution in [1.29, 1.82) is 0 Å². The lowest BCUT2D eigenvalue weighted by molar-refractivity contribution is 0.527. The molecule has 0 spiro atoms. The smallest absolute Gasteiger partial charge is 0.146 e. The maximum atomic E-state index is 13.7. The van der Waals surface area contributed by atoms with E-state index in [2.05, 4.69) is 33.1 Å². The molecule has 1 atom stereocenters. The Balaban J connectivity index is 2.02. The summed E-state index contributed by atoms with van der Waals surface area (Å²) in [4.78, 5) is 2.14. The molecule has 1 aromatic rings. The summed E-state index contributed by atoms with van der Waals surface area (Å²) in [5.41, 5.74) is 0.721. The largest absolute Gasteiger partial charge is 0.369 e. The van der Waals surface area contributed by atoms with Crippen molar-refractivity contribution in [3.05, 3.63) is 28.5 Å². The van der Waals surface area contributed by atoms with E-state index in [4.69, 9.17) is 0 Å². The third-order valence-electron chi connectivity index (χ3n) is 3.22. The van der Waals surface area contributed by atoms with Crippen molar-refractivity contribution in [1.82, 2.24) is 5.32 Å². The summed E-state index contributed by atoms with van der Waals surface area (Å²) in [6, 6.07) is 5.13. The molecule has 0 aromatic heterocycles. The standard InChI is InChI=1S/C13H18BrFN2/c1-2-16-8-10-5-6-17(9-10)13-7-11(14)3-4-12(13)15/h3-4,7,10,16H,2,5-6,8-9H2,1H3. The molecule has 0 amide bonds. The Morgan fingerprint density at radius 1 is 1.53 bits per heavy atom. The predicted octanol–water partition coefficient (Wildman–Crippen LogP) is 3.02. The van der Waals surface area contributed by atoms with E-state index < -0.39 is 0 Å². The Morgan fingerprint density at radius 3 is 3.12 bits per heavy atom. The molecule has 0 aliphatic carbocycles. The topological polar surface area (TPSA) is 15.3 Å². The minimum absolute atomic E-state index is 0.127. The molecule has 94 valence electrons. The van der Waals surface area contributed by atoms with Crippen LogP contribution in [-0.2, 0) is 0 Å². The molecule has 2 rings (SSSR count). The van der Waals surface area contributed by atoms with E-state index in [0.717, 1.165) is 42.8 Å². The third kappa shape index (κ3) is 3.19. The predicted molar refractivity (Wildman–Crippen MR) is 73.0 cm³/mol. The normalized spacial score (nSPS) is 19.9. The minimum atomic E-state index is -0.127. The molecular weight excluding hydrogens is 283 g/mol. The summed E-state index contributed by atoms with van der Waals surface area (Å²) in [6.45, 7) is 6.04. The van der Waals surface area contributed by atoms with Crippen LogP contribution in [0.15, 0.2) is 22.7 Å². The number of nitrogens with zero attached hydrogens (tertiary/aromatic N) is 1.